The molecule has 0 radical (unpaired) electrons. The van der Waals surface area contributed by atoms with Crippen LogP contribution in [0.25, 0.3) is 64.9 Å². The van der Waals surface area contributed by atoms with Gasteiger partial charge >= 0.3 is 0 Å². The molecule has 0 aliphatic heterocycles. The Balaban J connectivity index is 1.83. The number of benzene rings is 6. The summed E-state index contributed by atoms with van der Waals surface area (Å²) in [6.45, 7) is 13.8. The molecule has 0 atom stereocenters. The average Bonchev–Trinajstić information content (AvgIpc) is 2.85. The van der Waals surface area contributed by atoms with Crippen molar-refractivity contribution in [2.24, 2.45) is 0 Å². The second kappa shape index (κ2) is 6.91. The fourth-order valence-electron chi connectivity index (χ4n) is 5.90. The number of aromatic nitrogens is 2. The highest BCUT2D eigenvalue weighted by atomic mass is 14.8. The van der Waals surface area contributed by atoms with Gasteiger partial charge in [-0.25, -0.2) is 9.97 Å². The quantitative estimate of drug-likeness (QED) is 0.164. The van der Waals surface area contributed by atoms with E-state index in [2.05, 4.69) is 108 Å². The standard InChI is InChI=1S/C34H30N2/c1-33(2,3)21-11-12-23-25(15-21)27-17-22(34(4,5)6)16-26-24-13-19-9-7-8-10-20(19)14-28(24)32-30(29(26)27)31(23)35-18-36-32/h7-18H,1-6H3. The highest BCUT2D eigenvalue weighted by Gasteiger charge is 2.24. The van der Waals surface area contributed by atoms with Gasteiger partial charge in [-0.1, -0.05) is 77.9 Å². The van der Waals surface area contributed by atoms with Gasteiger partial charge in [-0.2, -0.15) is 0 Å². The molecule has 0 bridgehead atoms. The summed E-state index contributed by atoms with van der Waals surface area (Å²) in [7, 11) is 0. The van der Waals surface area contributed by atoms with Crippen molar-refractivity contribution in [1.82, 2.24) is 9.97 Å². The molecule has 0 fully saturated rings. The first-order valence-corrected chi connectivity index (χ1v) is 12.8. The molecule has 36 heavy (non-hydrogen) atoms. The van der Waals surface area contributed by atoms with Crippen LogP contribution in [0.5, 0.6) is 0 Å². The first-order valence-electron chi connectivity index (χ1n) is 12.8. The lowest BCUT2D eigenvalue weighted by Crippen LogP contribution is -2.12. The third kappa shape index (κ3) is 2.91. The van der Waals surface area contributed by atoms with E-state index in [0.717, 1.165) is 11.0 Å². The number of rotatable bonds is 0. The normalized spacial score (nSPS) is 13.3. The van der Waals surface area contributed by atoms with Gasteiger partial charge in [0.2, 0.25) is 0 Å². The van der Waals surface area contributed by atoms with Crippen LogP contribution in [0.3, 0.4) is 0 Å². The Morgan fingerprint density at radius 3 is 1.61 bits per heavy atom. The Hall–Kier alpha value is -3.78. The van der Waals surface area contributed by atoms with Crippen molar-refractivity contribution in [2.75, 3.05) is 0 Å². The molecule has 2 nitrogen and oxygen atoms in total. The molecule has 0 N–H and O–H groups in total. The minimum absolute atomic E-state index is 0.0259. The minimum atomic E-state index is 0.0259. The Labute approximate surface area is 211 Å². The summed E-state index contributed by atoms with van der Waals surface area (Å²) >= 11 is 0. The van der Waals surface area contributed by atoms with Crippen LogP contribution < -0.4 is 0 Å². The third-order valence-electron chi connectivity index (χ3n) is 7.96. The summed E-state index contributed by atoms with van der Waals surface area (Å²) in [6, 6.07) is 25.1. The van der Waals surface area contributed by atoms with Crippen LogP contribution in [0, 0.1) is 0 Å². The summed E-state index contributed by atoms with van der Waals surface area (Å²) in [5, 5.41) is 12.5. The molecule has 0 unspecified atom stereocenters. The molecule has 1 heterocycles. The predicted molar refractivity (Wildman–Crippen MR) is 156 cm³/mol. The van der Waals surface area contributed by atoms with Crippen LogP contribution in [0.15, 0.2) is 73.1 Å². The molecule has 0 saturated carbocycles. The first kappa shape index (κ1) is 21.5. The number of nitrogens with zero attached hydrogens (tertiary/aromatic N) is 2. The van der Waals surface area contributed by atoms with Gasteiger partial charge < -0.3 is 0 Å². The van der Waals surface area contributed by atoms with E-state index in [1.807, 2.05) is 0 Å². The van der Waals surface area contributed by atoms with Gasteiger partial charge in [-0.05, 0) is 84.6 Å². The van der Waals surface area contributed by atoms with Crippen molar-refractivity contribution in [1.29, 1.82) is 0 Å². The van der Waals surface area contributed by atoms with Crippen molar-refractivity contribution >= 4 is 64.9 Å². The Morgan fingerprint density at radius 1 is 0.472 bits per heavy atom. The van der Waals surface area contributed by atoms with Gasteiger partial charge in [-0.15, -0.1) is 0 Å². The molecule has 2 heteroatoms. The lowest BCUT2D eigenvalue weighted by molar-refractivity contribution is 0.590. The fourth-order valence-corrected chi connectivity index (χ4v) is 5.90. The second-order valence-corrected chi connectivity index (χ2v) is 12.4. The summed E-state index contributed by atoms with van der Waals surface area (Å²) < 4.78 is 0. The van der Waals surface area contributed by atoms with E-state index in [1.54, 1.807) is 6.33 Å². The summed E-state index contributed by atoms with van der Waals surface area (Å²) in [5.74, 6) is 0. The zero-order chi connectivity index (χ0) is 25.0. The van der Waals surface area contributed by atoms with E-state index in [9.17, 15) is 0 Å². The summed E-state index contributed by atoms with van der Waals surface area (Å²) in [6.07, 6.45) is 1.74. The number of hydrogen-bond donors (Lipinski definition) is 0. The topological polar surface area (TPSA) is 25.8 Å². The van der Waals surface area contributed by atoms with Gasteiger partial charge in [0, 0.05) is 21.5 Å². The lowest BCUT2D eigenvalue weighted by Gasteiger charge is -2.24. The van der Waals surface area contributed by atoms with E-state index in [4.69, 9.17) is 9.97 Å². The average molecular weight is 467 g/mol. The van der Waals surface area contributed by atoms with E-state index < -0.39 is 0 Å². The largest absolute Gasteiger partial charge is 0.236 e. The maximum atomic E-state index is 4.89. The van der Waals surface area contributed by atoms with Crippen molar-refractivity contribution < 1.29 is 0 Å². The van der Waals surface area contributed by atoms with Gasteiger partial charge in [-0.3, -0.25) is 0 Å². The van der Waals surface area contributed by atoms with Crippen molar-refractivity contribution in [3.8, 4) is 0 Å². The van der Waals surface area contributed by atoms with Crippen LogP contribution in [0.4, 0.5) is 0 Å². The van der Waals surface area contributed by atoms with Crippen LogP contribution in [0.1, 0.15) is 52.7 Å². The zero-order valence-electron chi connectivity index (χ0n) is 21.8. The minimum Gasteiger partial charge on any atom is -0.236 e. The molecule has 0 saturated heterocycles. The Morgan fingerprint density at radius 2 is 1.00 bits per heavy atom. The van der Waals surface area contributed by atoms with E-state index in [1.165, 1.54) is 65.0 Å². The molecule has 0 spiro atoms. The maximum Gasteiger partial charge on any atom is 0.116 e. The predicted octanol–water partition coefficient (Wildman–Crippen LogP) is 9.43. The van der Waals surface area contributed by atoms with E-state index >= 15 is 0 Å². The summed E-state index contributed by atoms with van der Waals surface area (Å²) in [5.41, 5.74) is 4.88. The van der Waals surface area contributed by atoms with Crippen molar-refractivity contribution in [3.05, 3.63) is 84.2 Å². The second-order valence-electron chi connectivity index (χ2n) is 12.4. The monoisotopic (exact) mass is 466 g/mol. The smallest absolute Gasteiger partial charge is 0.116 e. The van der Waals surface area contributed by atoms with Crippen LogP contribution in [-0.4, -0.2) is 9.97 Å². The zero-order valence-corrected chi connectivity index (χ0v) is 21.8. The van der Waals surface area contributed by atoms with Gasteiger partial charge in [0.1, 0.15) is 6.33 Å². The molecule has 176 valence electrons. The number of fused-ring (bicyclic) bond motifs is 7. The first-order chi connectivity index (χ1) is 17.1. The van der Waals surface area contributed by atoms with Crippen LogP contribution in [-0.2, 0) is 10.8 Å². The highest BCUT2D eigenvalue weighted by Crippen LogP contribution is 2.46. The van der Waals surface area contributed by atoms with Crippen molar-refractivity contribution in [2.45, 2.75) is 52.4 Å². The fraction of sp³-hybridized carbons (Fsp3) is 0.235. The molecule has 0 aliphatic rings. The van der Waals surface area contributed by atoms with Gasteiger partial charge in [0.05, 0.1) is 11.0 Å². The molecule has 1 aromatic heterocycles. The number of hydrogen-bond acceptors (Lipinski definition) is 2. The molecule has 7 aromatic rings. The maximum absolute atomic E-state index is 4.89. The molecular formula is C34H30N2. The summed E-state index contributed by atoms with van der Waals surface area (Å²) in [4.78, 5) is 9.77. The SMILES string of the molecule is CC(C)(C)c1ccc2c(c1)c1cc(C(C)(C)C)cc3c4cc5ccccc5cc4c4ncnc2c4c13. The highest BCUT2D eigenvalue weighted by molar-refractivity contribution is 6.39. The molecular weight excluding hydrogens is 436 g/mol. The molecule has 0 amide bonds. The van der Waals surface area contributed by atoms with E-state index in [-0.39, 0.29) is 10.8 Å². The van der Waals surface area contributed by atoms with Crippen LogP contribution in [0.2, 0.25) is 0 Å². The Bertz CT molecular complexity index is 2000. The van der Waals surface area contributed by atoms with E-state index in [0.29, 0.717) is 0 Å². The van der Waals surface area contributed by atoms with Gasteiger partial charge in [0.25, 0.3) is 0 Å². The van der Waals surface area contributed by atoms with Gasteiger partial charge in [0.15, 0.2) is 0 Å². The molecule has 7 rings (SSSR count). The van der Waals surface area contributed by atoms with Crippen LogP contribution >= 0.6 is 0 Å². The molecule has 6 aromatic carbocycles. The van der Waals surface area contributed by atoms with Crippen molar-refractivity contribution in [3.63, 3.8) is 0 Å². The third-order valence-corrected chi connectivity index (χ3v) is 7.96. The Kier molecular flexibility index (Phi) is 4.13. The molecule has 0 aliphatic carbocycles. The lowest BCUT2D eigenvalue weighted by atomic mass is 9.80.